The van der Waals surface area contributed by atoms with Crippen molar-refractivity contribution in [3.05, 3.63) is 29.8 Å². The van der Waals surface area contributed by atoms with Gasteiger partial charge in [-0.15, -0.1) is 0 Å². The highest BCUT2D eigenvalue weighted by Crippen LogP contribution is 2.22. The summed E-state index contributed by atoms with van der Waals surface area (Å²) in [5.41, 5.74) is 11.3. The zero-order chi connectivity index (χ0) is 16.1. The summed E-state index contributed by atoms with van der Waals surface area (Å²) < 4.78 is 5.54. The molecule has 6 heteroatoms. The third kappa shape index (κ3) is 3.98. The van der Waals surface area contributed by atoms with Crippen LogP contribution in [0.25, 0.3) is 0 Å². The van der Waals surface area contributed by atoms with Crippen molar-refractivity contribution in [2.75, 3.05) is 19.7 Å². The van der Waals surface area contributed by atoms with E-state index in [1.54, 1.807) is 24.3 Å². The summed E-state index contributed by atoms with van der Waals surface area (Å²) in [6.07, 6.45) is 1.30. The molecule has 120 valence electrons. The summed E-state index contributed by atoms with van der Waals surface area (Å²) in [5.74, 6) is 0.643. The molecule has 0 aliphatic carbocycles. The Labute approximate surface area is 130 Å². The van der Waals surface area contributed by atoms with E-state index in [1.165, 1.54) is 0 Å². The van der Waals surface area contributed by atoms with Gasteiger partial charge in [-0.2, -0.15) is 0 Å². The Morgan fingerprint density at radius 3 is 2.55 bits per heavy atom. The second kappa shape index (κ2) is 7.26. The number of rotatable bonds is 6. The third-order valence-corrected chi connectivity index (χ3v) is 4.04. The maximum absolute atomic E-state index is 12.2. The Morgan fingerprint density at radius 1 is 1.32 bits per heavy atom. The van der Waals surface area contributed by atoms with E-state index in [1.807, 2.05) is 4.90 Å². The number of carbonyl (C=O) groups excluding carboxylic acids is 2. The number of hydrogen-bond donors (Lipinski definition) is 2. The number of likely N-dealkylation sites (tertiary alicyclic amines) is 1. The topological polar surface area (TPSA) is 98.7 Å². The zero-order valence-electron chi connectivity index (χ0n) is 12.8. The number of carbonyl (C=O) groups is 2. The molecule has 2 rings (SSSR count). The molecule has 1 heterocycles. The van der Waals surface area contributed by atoms with Gasteiger partial charge < -0.3 is 21.1 Å². The number of amides is 2. The highest BCUT2D eigenvalue weighted by Gasteiger charge is 2.31. The molecule has 1 aliphatic heterocycles. The van der Waals surface area contributed by atoms with Gasteiger partial charge in [-0.05, 0) is 50.1 Å². The van der Waals surface area contributed by atoms with Crippen LogP contribution in [0.3, 0.4) is 0 Å². The average Bonchev–Trinajstić information content (AvgIpc) is 2.89. The molecule has 0 bridgehead atoms. The van der Waals surface area contributed by atoms with Crippen LogP contribution < -0.4 is 16.2 Å². The second-order valence-electron chi connectivity index (χ2n) is 5.72. The fraction of sp³-hybridized carbons (Fsp3) is 0.500. The van der Waals surface area contributed by atoms with Crippen LogP contribution >= 0.6 is 0 Å². The molecule has 0 radical (unpaired) electrons. The Morgan fingerprint density at radius 2 is 2.00 bits per heavy atom. The Balaban J connectivity index is 1.78. The largest absolute Gasteiger partial charge is 0.493 e. The van der Waals surface area contributed by atoms with E-state index in [2.05, 4.69) is 6.92 Å². The van der Waals surface area contributed by atoms with Crippen LogP contribution in [0, 0.1) is 5.92 Å². The lowest BCUT2D eigenvalue weighted by Crippen LogP contribution is -2.35. The minimum atomic E-state index is -0.473. The van der Waals surface area contributed by atoms with Gasteiger partial charge in [0.1, 0.15) is 5.75 Å². The smallest absolute Gasteiger partial charge is 0.248 e. The standard InChI is InChI=1S/C16H23N3O3/c1-11-8-12(9-17)10-19(11)15(20)6-7-22-14-4-2-13(3-5-14)16(18)21/h2-5,11-12H,6-10,17H2,1H3,(H2,18,21). The fourth-order valence-corrected chi connectivity index (χ4v) is 2.78. The molecule has 0 aromatic heterocycles. The van der Waals surface area contributed by atoms with Gasteiger partial charge in [0, 0.05) is 18.2 Å². The lowest BCUT2D eigenvalue weighted by Gasteiger charge is -2.21. The van der Waals surface area contributed by atoms with E-state index in [-0.39, 0.29) is 11.9 Å². The molecule has 1 fully saturated rings. The summed E-state index contributed by atoms with van der Waals surface area (Å²) in [6, 6.07) is 6.80. The zero-order valence-corrected chi connectivity index (χ0v) is 12.8. The van der Waals surface area contributed by atoms with Gasteiger partial charge in [-0.3, -0.25) is 9.59 Å². The van der Waals surface area contributed by atoms with E-state index in [4.69, 9.17) is 16.2 Å². The van der Waals surface area contributed by atoms with E-state index >= 15 is 0 Å². The molecule has 1 saturated heterocycles. The molecule has 1 aliphatic rings. The fourth-order valence-electron chi connectivity index (χ4n) is 2.78. The minimum Gasteiger partial charge on any atom is -0.493 e. The van der Waals surface area contributed by atoms with Crippen molar-refractivity contribution < 1.29 is 14.3 Å². The molecule has 1 aromatic rings. The Kier molecular flexibility index (Phi) is 5.38. The van der Waals surface area contributed by atoms with Crippen molar-refractivity contribution >= 4 is 11.8 Å². The summed E-state index contributed by atoms with van der Waals surface area (Å²) in [7, 11) is 0. The maximum atomic E-state index is 12.2. The van der Waals surface area contributed by atoms with Crippen LogP contribution in [0.1, 0.15) is 30.1 Å². The van der Waals surface area contributed by atoms with Crippen LogP contribution in [0.5, 0.6) is 5.75 Å². The summed E-state index contributed by atoms with van der Waals surface area (Å²) in [5, 5.41) is 0. The number of primary amides is 1. The van der Waals surface area contributed by atoms with Gasteiger partial charge in [0.25, 0.3) is 0 Å². The lowest BCUT2D eigenvalue weighted by atomic mass is 10.1. The summed E-state index contributed by atoms with van der Waals surface area (Å²) in [4.78, 5) is 25.0. The van der Waals surface area contributed by atoms with Crippen molar-refractivity contribution in [3.8, 4) is 5.75 Å². The Bertz CT molecular complexity index is 530. The summed E-state index contributed by atoms with van der Waals surface area (Å²) >= 11 is 0. The van der Waals surface area contributed by atoms with Crippen LogP contribution in [0.2, 0.25) is 0 Å². The van der Waals surface area contributed by atoms with Gasteiger partial charge in [0.05, 0.1) is 13.0 Å². The van der Waals surface area contributed by atoms with Crippen LogP contribution in [-0.2, 0) is 4.79 Å². The van der Waals surface area contributed by atoms with E-state index in [0.717, 1.165) is 13.0 Å². The summed E-state index contributed by atoms with van der Waals surface area (Å²) in [6.45, 7) is 3.73. The van der Waals surface area contributed by atoms with E-state index in [0.29, 0.717) is 36.8 Å². The molecule has 6 nitrogen and oxygen atoms in total. The van der Waals surface area contributed by atoms with Gasteiger partial charge in [0.2, 0.25) is 11.8 Å². The first-order chi connectivity index (χ1) is 10.5. The SMILES string of the molecule is CC1CC(CN)CN1C(=O)CCOc1ccc(C(N)=O)cc1. The van der Waals surface area contributed by atoms with Crippen LogP contribution in [-0.4, -0.2) is 42.5 Å². The highest BCUT2D eigenvalue weighted by molar-refractivity contribution is 5.92. The Hall–Kier alpha value is -2.08. The lowest BCUT2D eigenvalue weighted by molar-refractivity contribution is -0.132. The van der Waals surface area contributed by atoms with Gasteiger partial charge in [-0.1, -0.05) is 0 Å². The number of ether oxygens (including phenoxy) is 1. The molecule has 0 spiro atoms. The maximum Gasteiger partial charge on any atom is 0.248 e. The molecule has 0 saturated carbocycles. The number of benzene rings is 1. The minimum absolute atomic E-state index is 0.0946. The normalized spacial score (nSPS) is 20.9. The number of hydrogen-bond acceptors (Lipinski definition) is 4. The predicted molar refractivity (Wildman–Crippen MR) is 83.4 cm³/mol. The average molecular weight is 305 g/mol. The first kappa shape index (κ1) is 16.3. The van der Waals surface area contributed by atoms with Crippen molar-refractivity contribution in [2.45, 2.75) is 25.8 Å². The van der Waals surface area contributed by atoms with Crippen molar-refractivity contribution in [3.63, 3.8) is 0 Å². The van der Waals surface area contributed by atoms with Gasteiger partial charge >= 0.3 is 0 Å². The quantitative estimate of drug-likeness (QED) is 0.810. The number of nitrogens with zero attached hydrogens (tertiary/aromatic N) is 1. The third-order valence-electron chi connectivity index (χ3n) is 4.04. The van der Waals surface area contributed by atoms with Gasteiger partial charge in [0.15, 0.2) is 0 Å². The number of nitrogens with two attached hydrogens (primary N) is 2. The molecule has 4 N–H and O–H groups in total. The second-order valence-corrected chi connectivity index (χ2v) is 5.72. The molecule has 1 aromatic carbocycles. The van der Waals surface area contributed by atoms with Gasteiger partial charge in [-0.25, -0.2) is 0 Å². The van der Waals surface area contributed by atoms with Crippen LogP contribution in [0.15, 0.2) is 24.3 Å². The molecule has 2 atom stereocenters. The van der Waals surface area contributed by atoms with E-state index < -0.39 is 5.91 Å². The monoisotopic (exact) mass is 305 g/mol. The van der Waals surface area contributed by atoms with Crippen molar-refractivity contribution in [1.82, 2.24) is 4.90 Å². The first-order valence-corrected chi connectivity index (χ1v) is 7.53. The molecule has 22 heavy (non-hydrogen) atoms. The molecular formula is C16H23N3O3. The first-order valence-electron chi connectivity index (χ1n) is 7.53. The van der Waals surface area contributed by atoms with E-state index in [9.17, 15) is 9.59 Å². The molecule has 2 amide bonds. The molecule has 2 unspecified atom stereocenters. The van der Waals surface area contributed by atoms with Crippen molar-refractivity contribution in [2.24, 2.45) is 17.4 Å². The van der Waals surface area contributed by atoms with Crippen LogP contribution in [0.4, 0.5) is 0 Å². The highest BCUT2D eigenvalue weighted by atomic mass is 16.5. The molecular weight excluding hydrogens is 282 g/mol. The van der Waals surface area contributed by atoms with Crippen molar-refractivity contribution in [1.29, 1.82) is 0 Å². The predicted octanol–water partition coefficient (Wildman–Crippen LogP) is 0.750.